The van der Waals surface area contributed by atoms with Crippen molar-refractivity contribution >= 4 is 147 Å². The van der Waals surface area contributed by atoms with Crippen molar-refractivity contribution in [3.8, 4) is 0 Å². The zero-order valence-corrected chi connectivity index (χ0v) is 61.9. The minimum Gasteiger partial charge on any atom is -0.466 e. The molecule has 4 aromatic carbocycles. The summed E-state index contributed by atoms with van der Waals surface area (Å²) in [7, 11) is 0. The van der Waals surface area contributed by atoms with Crippen LogP contribution in [0, 0.1) is 0 Å². The van der Waals surface area contributed by atoms with Crippen LogP contribution >= 0.6 is 92.8 Å². The molecule has 0 unspecified atom stereocenters. The highest BCUT2D eigenvalue weighted by Gasteiger charge is 2.25. The van der Waals surface area contributed by atoms with Crippen molar-refractivity contribution in [2.24, 2.45) is 5.73 Å². The molecular weight excluding hydrogens is 1410 g/mol. The summed E-state index contributed by atoms with van der Waals surface area (Å²) in [5.74, 6) is -0.220. The van der Waals surface area contributed by atoms with Gasteiger partial charge in [0.05, 0.1) is 53.4 Å². The highest BCUT2D eigenvalue weighted by molar-refractivity contribution is 6.43. The summed E-state index contributed by atoms with van der Waals surface area (Å²) in [6, 6.07) is 21.4. The lowest BCUT2D eigenvalue weighted by Crippen LogP contribution is -2.33. The Labute approximate surface area is 620 Å². The molecule has 4 N–H and O–H groups in total. The van der Waals surface area contributed by atoms with Gasteiger partial charge in [-0.25, -0.2) is 4.79 Å². The molecule has 532 valence electrons. The van der Waals surface area contributed by atoms with Crippen LogP contribution in [0.3, 0.4) is 0 Å². The summed E-state index contributed by atoms with van der Waals surface area (Å²) >= 11 is 47.0. The summed E-state index contributed by atoms with van der Waals surface area (Å²) in [6.07, 6.45) is 39.0. The average molecular weight is 1500 g/mol. The maximum absolute atomic E-state index is 12.5. The molecule has 0 radical (unpaired) electrons. The summed E-state index contributed by atoms with van der Waals surface area (Å²) in [5, 5.41) is 16.3. The van der Waals surface area contributed by atoms with E-state index in [1.165, 1.54) is 116 Å². The van der Waals surface area contributed by atoms with E-state index < -0.39 is 0 Å². The Hall–Kier alpha value is -5.27. The van der Waals surface area contributed by atoms with E-state index >= 15 is 0 Å². The van der Waals surface area contributed by atoms with E-state index in [0.29, 0.717) is 96.6 Å². The number of nitrogens with one attached hydrogen (secondary N) is 1. The molecule has 98 heavy (non-hydrogen) atoms. The fourth-order valence-electron chi connectivity index (χ4n) is 10.9. The number of aliphatic hydroxyl groups is 1. The molecule has 0 aliphatic carbocycles. The zero-order valence-electron chi connectivity index (χ0n) is 55.9. The number of cyclic esters (lactones) is 2. The number of aldehydes is 1. The second-order valence-corrected chi connectivity index (χ2v) is 27.1. The van der Waals surface area contributed by atoms with Crippen LogP contribution in [0.5, 0.6) is 0 Å². The fraction of sp³-hybridized carbons (Fsp3) is 0.434. The van der Waals surface area contributed by atoms with Crippen molar-refractivity contribution in [1.82, 2.24) is 24.9 Å². The van der Waals surface area contributed by atoms with E-state index in [4.69, 9.17) is 103 Å². The monoisotopic (exact) mass is 1500 g/mol. The number of esters is 2. The van der Waals surface area contributed by atoms with Gasteiger partial charge in [0.25, 0.3) is 0 Å². The molecule has 2 amide bonds. The Morgan fingerprint density at radius 1 is 0.490 bits per heavy atom. The van der Waals surface area contributed by atoms with Crippen LogP contribution in [0.4, 0.5) is 0 Å². The first kappa shape index (κ1) is 83.4. The molecule has 14 nitrogen and oxygen atoms in total. The van der Waals surface area contributed by atoms with Crippen molar-refractivity contribution in [3.05, 3.63) is 194 Å². The minimum absolute atomic E-state index is 0.0463. The molecule has 6 saturated heterocycles. The molecule has 10 rings (SSSR count). The maximum atomic E-state index is 12.5. The Morgan fingerprint density at radius 3 is 1.34 bits per heavy atom. The lowest BCUT2D eigenvalue weighted by Gasteiger charge is -2.27. The maximum Gasteiger partial charge on any atom is 0.334 e. The van der Waals surface area contributed by atoms with Gasteiger partial charge in [0.15, 0.2) is 0 Å². The third-order valence-electron chi connectivity index (χ3n) is 16.3. The van der Waals surface area contributed by atoms with E-state index in [0.717, 1.165) is 86.2 Å². The second-order valence-electron chi connectivity index (χ2n) is 23.9. The Bertz CT molecular complexity index is 3350. The fourth-order valence-corrected chi connectivity index (χ4v) is 12.1. The minimum atomic E-state index is -0.233. The summed E-state index contributed by atoms with van der Waals surface area (Å²) in [5.41, 5.74) is 11.2. The normalized spacial score (nSPS) is 17.8. The highest BCUT2D eigenvalue weighted by Crippen LogP contribution is 2.27. The van der Waals surface area contributed by atoms with E-state index in [1.807, 2.05) is 65.6 Å². The summed E-state index contributed by atoms with van der Waals surface area (Å²) in [4.78, 5) is 65.5. The molecule has 6 heterocycles. The van der Waals surface area contributed by atoms with E-state index in [2.05, 4.69) is 24.8 Å². The molecule has 6 aliphatic heterocycles. The van der Waals surface area contributed by atoms with Crippen LogP contribution in [0.25, 0.3) is 24.3 Å². The van der Waals surface area contributed by atoms with Gasteiger partial charge in [-0.05, 0) is 213 Å². The number of allylic oxidation sites excluding steroid dienone is 7. The van der Waals surface area contributed by atoms with Crippen LogP contribution in [-0.4, -0.2) is 160 Å². The first-order valence-electron chi connectivity index (χ1n) is 33.9. The van der Waals surface area contributed by atoms with Crippen molar-refractivity contribution in [1.29, 1.82) is 0 Å². The van der Waals surface area contributed by atoms with Crippen LogP contribution in [0.15, 0.2) is 132 Å². The van der Waals surface area contributed by atoms with Gasteiger partial charge >= 0.3 is 11.9 Å². The van der Waals surface area contributed by atoms with Crippen molar-refractivity contribution < 1.29 is 38.6 Å². The van der Waals surface area contributed by atoms with Gasteiger partial charge in [0.1, 0.15) is 6.29 Å². The molecular formula is C76H94Cl8N6O8. The summed E-state index contributed by atoms with van der Waals surface area (Å²) in [6.45, 7) is 15.0. The molecule has 6 fully saturated rings. The van der Waals surface area contributed by atoms with Gasteiger partial charge in [-0.1, -0.05) is 197 Å². The van der Waals surface area contributed by atoms with Gasteiger partial charge in [0, 0.05) is 62.2 Å². The number of piperidine rings is 3. The number of amides is 2. The molecule has 4 aromatic rings. The lowest BCUT2D eigenvalue weighted by molar-refractivity contribution is -0.138. The SMILES string of the molecule is NCCCN1CCCCC1.O=C(NCCCN1CCCCC1)/C(=C/C=C/c1ccc(Cl)c(Cl)c1)CCO.O=C/C=C/c1ccc(Cl)c(Cl)c1.O=C1/C(=C/C=C/c2ccc(Cl)c(Cl)c2)CCN1CCCN1CCCCC1.O=C1CCCO1.O=C1OCC/C1=C\C=C\c1ccc(Cl)c(Cl)c1. The van der Waals surface area contributed by atoms with Crippen LogP contribution < -0.4 is 11.1 Å². The Morgan fingerprint density at radius 2 is 0.939 bits per heavy atom. The van der Waals surface area contributed by atoms with Gasteiger partial charge in [-0.15, -0.1) is 0 Å². The molecule has 0 bridgehead atoms. The molecule has 0 aromatic heterocycles. The van der Waals surface area contributed by atoms with Crippen LogP contribution in [0.2, 0.25) is 40.2 Å². The quantitative estimate of drug-likeness (QED) is 0.0224. The number of carbonyl (C=O) groups is 5. The summed E-state index contributed by atoms with van der Waals surface area (Å²) < 4.78 is 9.34. The highest BCUT2D eigenvalue weighted by atomic mass is 35.5. The molecule has 0 spiro atoms. The number of rotatable bonds is 22. The van der Waals surface area contributed by atoms with Crippen molar-refractivity contribution in [2.75, 3.05) is 105 Å². The number of ether oxygens (including phenoxy) is 2. The largest absolute Gasteiger partial charge is 0.466 e. The average Bonchev–Trinajstić information content (AvgIpc) is 1.85. The van der Waals surface area contributed by atoms with Gasteiger partial charge in [0.2, 0.25) is 11.8 Å². The van der Waals surface area contributed by atoms with Crippen LogP contribution in [-0.2, 0) is 33.4 Å². The smallest absolute Gasteiger partial charge is 0.334 e. The molecule has 6 aliphatic rings. The number of nitrogens with zero attached hydrogens (tertiary/aromatic N) is 4. The van der Waals surface area contributed by atoms with E-state index in [1.54, 1.807) is 72.8 Å². The standard InChI is InChI=1S/C21H28Cl2N2O2.C21H26Cl2N2O.C13H10Cl2O2.C9H6Cl2O.C8H18N2.C4H6O2/c22-19-9-8-17(16-20(19)23)6-4-7-18(10-15-26)21(27)24-11-5-14-25-12-2-1-3-13-25;22-19-9-8-17(16-20(19)23)6-4-7-18-10-15-25(21(18)26)14-5-13-24-11-2-1-3-12-24;14-11-5-4-9(8-12(11)15)2-1-3-10-6-7-17-13(10)16;10-8-4-3-7(2-1-5-12)6-9(8)11;9-5-4-8-10-6-2-1-3-7-10;5-4-2-1-3-6-4/h4,6-9,16,26H,1-3,5,10-15H2,(H,24,27);4,6-9,16H,1-3,5,10-15H2;1-5,8H,6-7H2;1-6H;1-9H2;1-3H2/b2*6-4+,18-7+;2-1+,10-3+;2-1+;;. The molecule has 22 heteroatoms. The van der Waals surface area contributed by atoms with E-state index in [-0.39, 0.29) is 30.4 Å². The Kier molecular flexibility index (Phi) is 42.0. The number of nitrogens with two attached hydrogens (primary N) is 1. The second kappa shape index (κ2) is 49.3. The molecule has 0 atom stereocenters. The number of halogens is 8. The van der Waals surface area contributed by atoms with Crippen LogP contribution in [0.1, 0.15) is 131 Å². The third kappa shape index (κ3) is 33.9. The first-order valence-corrected chi connectivity index (χ1v) is 36.9. The number of hydrogen-bond acceptors (Lipinski definition) is 12. The topological polar surface area (TPSA) is 175 Å². The van der Waals surface area contributed by atoms with Gasteiger partial charge in [-0.3, -0.25) is 19.2 Å². The third-order valence-corrected chi connectivity index (χ3v) is 19.3. The number of aliphatic hydroxyl groups excluding tert-OH is 1. The lowest BCUT2D eigenvalue weighted by atomic mass is 10.1. The number of benzene rings is 4. The Balaban J connectivity index is 0.000000225. The van der Waals surface area contributed by atoms with Crippen molar-refractivity contribution in [3.63, 3.8) is 0 Å². The number of likely N-dealkylation sites (tertiary alicyclic amines) is 4. The van der Waals surface area contributed by atoms with Crippen molar-refractivity contribution in [2.45, 2.75) is 109 Å². The zero-order chi connectivity index (χ0) is 70.7. The van der Waals surface area contributed by atoms with Gasteiger partial charge < -0.3 is 45.2 Å². The number of hydrogen-bond donors (Lipinski definition) is 3. The molecule has 0 saturated carbocycles. The first-order chi connectivity index (χ1) is 47.5. The number of carbonyl (C=O) groups excluding carboxylic acids is 5. The predicted molar refractivity (Wildman–Crippen MR) is 408 cm³/mol. The van der Waals surface area contributed by atoms with Gasteiger partial charge in [-0.2, -0.15) is 0 Å². The van der Waals surface area contributed by atoms with E-state index in [9.17, 15) is 29.1 Å². The predicted octanol–water partition coefficient (Wildman–Crippen LogP) is 17.6.